The summed E-state index contributed by atoms with van der Waals surface area (Å²) < 4.78 is 18.5. The molecule has 0 N–H and O–H groups in total. The predicted octanol–water partition coefficient (Wildman–Crippen LogP) is 2.74. The topological polar surface area (TPSA) is 15.7 Å². The number of piperazine rings is 1. The SMILES string of the molecule is COc1cc(F)ccc1N1CCN(CCCBr)CC1. The molecule has 1 aliphatic rings. The summed E-state index contributed by atoms with van der Waals surface area (Å²) in [5.41, 5.74) is 0.990. The number of hydrogen-bond acceptors (Lipinski definition) is 3. The lowest BCUT2D eigenvalue weighted by molar-refractivity contribution is 0.258. The summed E-state index contributed by atoms with van der Waals surface area (Å²) in [6.07, 6.45) is 1.18. The number of rotatable bonds is 5. The van der Waals surface area contributed by atoms with Gasteiger partial charge in [0.1, 0.15) is 11.6 Å². The Kier molecular flexibility index (Phi) is 5.45. The predicted molar refractivity (Wildman–Crippen MR) is 80.0 cm³/mol. The highest BCUT2D eigenvalue weighted by atomic mass is 79.9. The molecule has 19 heavy (non-hydrogen) atoms. The van der Waals surface area contributed by atoms with E-state index in [9.17, 15) is 4.39 Å². The lowest BCUT2D eigenvalue weighted by Crippen LogP contribution is -2.46. The maximum absolute atomic E-state index is 13.2. The van der Waals surface area contributed by atoms with Gasteiger partial charge in [-0.15, -0.1) is 0 Å². The number of benzene rings is 1. The second-order valence-corrected chi connectivity index (χ2v) is 5.48. The van der Waals surface area contributed by atoms with Crippen molar-refractivity contribution in [2.75, 3.05) is 50.1 Å². The van der Waals surface area contributed by atoms with Crippen LogP contribution in [0.5, 0.6) is 5.75 Å². The summed E-state index contributed by atoms with van der Waals surface area (Å²) in [6.45, 7) is 5.16. The molecule has 0 radical (unpaired) electrons. The average Bonchev–Trinajstić information content (AvgIpc) is 2.45. The summed E-state index contributed by atoms with van der Waals surface area (Å²) in [4.78, 5) is 4.73. The van der Waals surface area contributed by atoms with Crippen LogP contribution in [-0.2, 0) is 0 Å². The van der Waals surface area contributed by atoms with Gasteiger partial charge in [-0.05, 0) is 25.1 Å². The molecule has 2 rings (SSSR count). The van der Waals surface area contributed by atoms with Crippen molar-refractivity contribution in [3.05, 3.63) is 24.0 Å². The van der Waals surface area contributed by atoms with E-state index in [2.05, 4.69) is 25.7 Å². The maximum atomic E-state index is 13.2. The number of hydrogen-bond donors (Lipinski definition) is 0. The van der Waals surface area contributed by atoms with E-state index in [1.165, 1.54) is 18.6 Å². The minimum absolute atomic E-state index is 0.253. The molecule has 106 valence electrons. The molecule has 5 heteroatoms. The van der Waals surface area contributed by atoms with Crippen molar-refractivity contribution in [1.82, 2.24) is 4.90 Å². The normalized spacial score (nSPS) is 16.7. The molecule has 0 aliphatic carbocycles. The van der Waals surface area contributed by atoms with E-state index in [4.69, 9.17) is 4.74 Å². The first-order valence-corrected chi connectivity index (χ1v) is 7.73. The van der Waals surface area contributed by atoms with Crippen molar-refractivity contribution in [3.63, 3.8) is 0 Å². The second-order valence-electron chi connectivity index (χ2n) is 4.69. The van der Waals surface area contributed by atoms with Gasteiger partial charge in [0.25, 0.3) is 0 Å². The quantitative estimate of drug-likeness (QED) is 0.772. The molecule has 1 saturated heterocycles. The van der Waals surface area contributed by atoms with Crippen LogP contribution in [0.4, 0.5) is 10.1 Å². The summed E-state index contributed by atoms with van der Waals surface area (Å²) in [7, 11) is 1.59. The molecular weight excluding hydrogens is 311 g/mol. The Bertz CT molecular complexity index is 408. The Morgan fingerprint density at radius 2 is 2.00 bits per heavy atom. The Labute approximate surface area is 122 Å². The van der Waals surface area contributed by atoms with Gasteiger partial charge in [0.15, 0.2) is 0 Å². The van der Waals surface area contributed by atoms with Crippen LogP contribution in [0.2, 0.25) is 0 Å². The minimum atomic E-state index is -0.253. The Balaban J connectivity index is 1.97. The van der Waals surface area contributed by atoms with Gasteiger partial charge in [0, 0.05) is 37.6 Å². The molecule has 1 aromatic carbocycles. The van der Waals surface area contributed by atoms with E-state index < -0.39 is 0 Å². The number of alkyl halides is 1. The van der Waals surface area contributed by atoms with Crippen molar-refractivity contribution in [2.24, 2.45) is 0 Å². The van der Waals surface area contributed by atoms with Gasteiger partial charge in [-0.2, -0.15) is 0 Å². The highest BCUT2D eigenvalue weighted by Crippen LogP contribution is 2.29. The Hall–Kier alpha value is -0.810. The van der Waals surface area contributed by atoms with Gasteiger partial charge in [-0.1, -0.05) is 15.9 Å². The highest BCUT2D eigenvalue weighted by Gasteiger charge is 2.19. The van der Waals surface area contributed by atoms with Crippen molar-refractivity contribution >= 4 is 21.6 Å². The Morgan fingerprint density at radius 1 is 1.26 bits per heavy atom. The highest BCUT2D eigenvalue weighted by molar-refractivity contribution is 9.09. The molecule has 1 aliphatic heterocycles. The van der Waals surface area contributed by atoms with E-state index in [0.29, 0.717) is 5.75 Å². The zero-order chi connectivity index (χ0) is 13.7. The van der Waals surface area contributed by atoms with Crippen LogP contribution < -0.4 is 9.64 Å². The van der Waals surface area contributed by atoms with Gasteiger partial charge in [-0.25, -0.2) is 4.39 Å². The summed E-state index contributed by atoms with van der Waals surface area (Å²) >= 11 is 3.46. The van der Waals surface area contributed by atoms with Crippen LogP contribution in [-0.4, -0.2) is 50.1 Å². The molecule has 0 spiro atoms. The molecule has 1 fully saturated rings. The van der Waals surface area contributed by atoms with Gasteiger partial charge in [0.2, 0.25) is 0 Å². The molecule has 3 nitrogen and oxygen atoms in total. The lowest BCUT2D eigenvalue weighted by atomic mass is 10.2. The molecule has 1 aromatic rings. The van der Waals surface area contributed by atoms with Crippen LogP contribution in [0.25, 0.3) is 0 Å². The van der Waals surface area contributed by atoms with E-state index >= 15 is 0 Å². The summed E-state index contributed by atoms with van der Waals surface area (Å²) in [5, 5.41) is 1.05. The molecule has 0 amide bonds. The molecule has 0 atom stereocenters. The van der Waals surface area contributed by atoms with Crippen molar-refractivity contribution < 1.29 is 9.13 Å². The van der Waals surface area contributed by atoms with Crippen LogP contribution in [0, 0.1) is 5.82 Å². The van der Waals surface area contributed by atoms with Gasteiger partial charge >= 0.3 is 0 Å². The first-order valence-electron chi connectivity index (χ1n) is 6.61. The fraction of sp³-hybridized carbons (Fsp3) is 0.571. The molecule has 0 saturated carbocycles. The molecule has 0 unspecified atom stereocenters. The fourth-order valence-corrected chi connectivity index (χ4v) is 2.66. The maximum Gasteiger partial charge on any atom is 0.145 e. The van der Waals surface area contributed by atoms with Crippen molar-refractivity contribution in [3.8, 4) is 5.75 Å². The lowest BCUT2D eigenvalue weighted by Gasteiger charge is -2.36. The van der Waals surface area contributed by atoms with Crippen LogP contribution in [0.15, 0.2) is 18.2 Å². The van der Waals surface area contributed by atoms with E-state index in [1.54, 1.807) is 7.11 Å². The van der Waals surface area contributed by atoms with Crippen molar-refractivity contribution in [2.45, 2.75) is 6.42 Å². The van der Waals surface area contributed by atoms with E-state index in [0.717, 1.165) is 43.7 Å². The number of anilines is 1. The molecular formula is C14H20BrFN2O. The zero-order valence-corrected chi connectivity index (χ0v) is 12.8. The zero-order valence-electron chi connectivity index (χ0n) is 11.2. The third-order valence-corrected chi connectivity index (χ3v) is 4.02. The van der Waals surface area contributed by atoms with Gasteiger partial charge in [0.05, 0.1) is 12.8 Å². The molecule has 0 aromatic heterocycles. The van der Waals surface area contributed by atoms with Gasteiger partial charge < -0.3 is 9.64 Å². The second kappa shape index (κ2) is 7.10. The number of methoxy groups -OCH3 is 1. The first-order chi connectivity index (χ1) is 9.24. The van der Waals surface area contributed by atoms with Crippen LogP contribution >= 0.6 is 15.9 Å². The Morgan fingerprint density at radius 3 is 2.63 bits per heavy atom. The first kappa shape index (κ1) is 14.6. The van der Waals surface area contributed by atoms with Crippen LogP contribution in [0.1, 0.15) is 6.42 Å². The largest absolute Gasteiger partial charge is 0.494 e. The molecule has 0 bridgehead atoms. The van der Waals surface area contributed by atoms with Gasteiger partial charge in [-0.3, -0.25) is 4.90 Å². The average molecular weight is 331 g/mol. The van der Waals surface area contributed by atoms with E-state index in [-0.39, 0.29) is 5.82 Å². The smallest absolute Gasteiger partial charge is 0.145 e. The number of ether oxygens (including phenoxy) is 1. The van der Waals surface area contributed by atoms with Crippen molar-refractivity contribution in [1.29, 1.82) is 0 Å². The monoisotopic (exact) mass is 330 g/mol. The molecule has 1 heterocycles. The fourth-order valence-electron chi connectivity index (χ4n) is 2.41. The number of halogens is 2. The third-order valence-electron chi connectivity index (χ3n) is 3.46. The summed E-state index contributed by atoms with van der Waals surface area (Å²) in [5.74, 6) is 0.366. The van der Waals surface area contributed by atoms with E-state index in [1.807, 2.05) is 6.07 Å². The number of nitrogens with zero attached hydrogens (tertiary/aromatic N) is 2. The third kappa shape index (κ3) is 3.83. The van der Waals surface area contributed by atoms with Crippen LogP contribution in [0.3, 0.4) is 0 Å². The summed E-state index contributed by atoms with van der Waals surface area (Å²) in [6, 6.07) is 4.75. The minimum Gasteiger partial charge on any atom is -0.494 e. The standard InChI is InChI=1S/C14H20BrFN2O/c1-19-14-11-12(16)3-4-13(14)18-9-7-17(8-10-18)6-2-5-15/h3-4,11H,2,5-10H2,1H3.